The molecule has 1 amide bonds. The number of benzene rings is 1. The van der Waals surface area contributed by atoms with Gasteiger partial charge in [-0.05, 0) is 24.6 Å². The summed E-state index contributed by atoms with van der Waals surface area (Å²) in [5.41, 5.74) is 0.353. The molecule has 3 aromatic rings. The highest BCUT2D eigenvalue weighted by Crippen LogP contribution is 2.30. The zero-order valence-corrected chi connectivity index (χ0v) is 16.5. The van der Waals surface area contributed by atoms with Crippen LogP contribution in [0.4, 0.5) is 4.39 Å². The molecular weight excluding hydrogens is 363 g/mol. The van der Waals surface area contributed by atoms with Gasteiger partial charge in [0, 0.05) is 24.6 Å². The molecule has 0 saturated heterocycles. The molecule has 0 aliphatic rings. The van der Waals surface area contributed by atoms with E-state index in [2.05, 4.69) is 15.4 Å². The van der Waals surface area contributed by atoms with Crippen molar-refractivity contribution in [3.8, 4) is 17.0 Å². The van der Waals surface area contributed by atoms with Gasteiger partial charge in [-0.2, -0.15) is 5.10 Å². The largest absolute Gasteiger partial charge is 0.503 e. The average Bonchev–Trinajstić information content (AvgIpc) is 2.90. The standard InChI is InChI=1S/C20H23FN4O3/c1-10-14-16(26)17(27)15(23-18(14)25(5)24-10)12-8-11(6-7-13(12)21)9-22-19(28)20(2,3)4/h6-8,27H,9H2,1-5H3,(H,22,28)(H,23,26). The van der Waals surface area contributed by atoms with Crippen LogP contribution in [0.5, 0.6) is 5.75 Å². The Morgan fingerprint density at radius 1 is 1.36 bits per heavy atom. The molecule has 0 spiro atoms. The number of halogens is 1. The molecule has 0 aliphatic carbocycles. The lowest BCUT2D eigenvalue weighted by molar-refractivity contribution is -0.128. The fraction of sp³-hybridized carbons (Fsp3) is 0.350. The highest BCUT2D eigenvalue weighted by Gasteiger charge is 2.22. The van der Waals surface area contributed by atoms with Gasteiger partial charge in [-0.15, -0.1) is 0 Å². The first-order valence-corrected chi connectivity index (χ1v) is 8.86. The number of carbonyl (C=O) groups excluding carboxylic acids is 1. The lowest BCUT2D eigenvalue weighted by Gasteiger charge is -2.18. The number of aryl methyl sites for hydroxylation is 2. The zero-order chi connectivity index (χ0) is 20.8. The molecule has 0 saturated carbocycles. The highest BCUT2D eigenvalue weighted by molar-refractivity contribution is 5.84. The number of aromatic nitrogens is 3. The number of aromatic amines is 1. The Kier molecular flexibility index (Phi) is 4.74. The number of fused-ring (bicyclic) bond motifs is 1. The number of rotatable bonds is 3. The summed E-state index contributed by atoms with van der Waals surface area (Å²) in [4.78, 5) is 27.6. The van der Waals surface area contributed by atoms with E-state index >= 15 is 0 Å². The van der Waals surface area contributed by atoms with Gasteiger partial charge in [0.05, 0.1) is 16.8 Å². The molecule has 2 heterocycles. The van der Waals surface area contributed by atoms with Crippen LogP contribution in [-0.2, 0) is 18.4 Å². The third kappa shape index (κ3) is 3.37. The van der Waals surface area contributed by atoms with Crippen LogP contribution in [0.1, 0.15) is 32.0 Å². The van der Waals surface area contributed by atoms with Gasteiger partial charge in [0.15, 0.2) is 5.75 Å². The van der Waals surface area contributed by atoms with E-state index in [0.717, 1.165) is 0 Å². The SMILES string of the molecule is Cc1nn(C)c2[nH]c(-c3cc(CNC(=O)C(C)(C)C)ccc3F)c(O)c(=O)c12. The van der Waals surface area contributed by atoms with Crippen molar-refractivity contribution in [2.75, 3.05) is 0 Å². The van der Waals surface area contributed by atoms with Crippen LogP contribution in [0.2, 0.25) is 0 Å². The first-order valence-electron chi connectivity index (χ1n) is 8.86. The summed E-state index contributed by atoms with van der Waals surface area (Å²) in [5, 5.41) is 17.6. The summed E-state index contributed by atoms with van der Waals surface area (Å²) in [7, 11) is 1.65. The molecule has 0 radical (unpaired) electrons. The maximum absolute atomic E-state index is 14.5. The average molecular weight is 386 g/mol. The van der Waals surface area contributed by atoms with Crippen molar-refractivity contribution >= 4 is 16.9 Å². The highest BCUT2D eigenvalue weighted by atomic mass is 19.1. The molecule has 0 fully saturated rings. The van der Waals surface area contributed by atoms with E-state index in [1.165, 1.54) is 16.8 Å². The molecule has 0 aliphatic heterocycles. The third-order valence-electron chi connectivity index (χ3n) is 4.58. The number of pyridine rings is 1. The first-order chi connectivity index (χ1) is 13.0. The van der Waals surface area contributed by atoms with Gasteiger partial charge in [-0.25, -0.2) is 4.39 Å². The molecule has 3 rings (SSSR count). The van der Waals surface area contributed by atoms with Crippen molar-refractivity contribution in [1.29, 1.82) is 0 Å². The fourth-order valence-corrected chi connectivity index (χ4v) is 3.00. The fourth-order valence-electron chi connectivity index (χ4n) is 3.00. The van der Waals surface area contributed by atoms with Crippen LogP contribution in [0.15, 0.2) is 23.0 Å². The Morgan fingerprint density at radius 2 is 2.04 bits per heavy atom. The van der Waals surface area contributed by atoms with Crippen LogP contribution in [-0.4, -0.2) is 25.8 Å². The molecule has 1 aromatic carbocycles. The normalized spacial score (nSPS) is 11.8. The van der Waals surface area contributed by atoms with Crippen molar-refractivity contribution in [3.63, 3.8) is 0 Å². The topological polar surface area (TPSA) is 100 Å². The molecule has 0 unspecified atom stereocenters. The van der Waals surface area contributed by atoms with E-state index in [9.17, 15) is 19.1 Å². The second kappa shape index (κ2) is 6.78. The number of amides is 1. The predicted molar refractivity (Wildman–Crippen MR) is 104 cm³/mol. The Labute approximate surface area is 161 Å². The number of nitrogens with one attached hydrogen (secondary N) is 2. The molecule has 28 heavy (non-hydrogen) atoms. The van der Waals surface area contributed by atoms with Crippen LogP contribution >= 0.6 is 0 Å². The molecule has 3 N–H and O–H groups in total. The van der Waals surface area contributed by atoms with Gasteiger partial charge in [0.2, 0.25) is 11.3 Å². The van der Waals surface area contributed by atoms with E-state index in [4.69, 9.17) is 0 Å². The first kappa shape index (κ1) is 19.6. The van der Waals surface area contributed by atoms with E-state index in [-0.39, 0.29) is 29.1 Å². The number of carbonyl (C=O) groups is 1. The Hall–Kier alpha value is -3.16. The minimum atomic E-state index is -0.611. The van der Waals surface area contributed by atoms with E-state index in [1.807, 2.05) is 0 Å². The number of nitrogens with zero attached hydrogens (tertiary/aromatic N) is 2. The summed E-state index contributed by atoms with van der Waals surface area (Å²) in [6.45, 7) is 7.25. The number of aromatic hydroxyl groups is 1. The summed E-state index contributed by atoms with van der Waals surface area (Å²) < 4.78 is 16.0. The molecular formula is C20H23FN4O3. The summed E-state index contributed by atoms with van der Waals surface area (Å²) >= 11 is 0. The van der Waals surface area contributed by atoms with Crippen LogP contribution in [0.25, 0.3) is 22.3 Å². The van der Waals surface area contributed by atoms with Crippen molar-refractivity contribution < 1.29 is 14.3 Å². The summed E-state index contributed by atoms with van der Waals surface area (Å²) in [5.74, 6) is -1.31. The molecule has 2 aromatic heterocycles. The van der Waals surface area contributed by atoms with Crippen LogP contribution < -0.4 is 10.7 Å². The minimum Gasteiger partial charge on any atom is -0.503 e. The van der Waals surface area contributed by atoms with Crippen molar-refractivity contribution in [2.45, 2.75) is 34.2 Å². The summed E-state index contributed by atoms with van der Waals surface area (Å²) in [6, 6.07) is 4.28. The Bertz CT molecular complexity index is 1140. The minimum absolute atomic E-state index is 0.0259. The second-order valence-corrected chi connectivity index (χ2v) is 7.86. The maximum Gasteiger partial charge on any atom is 0.235 e. The predicted octanol–water partition coefficient (Wildman–Crippen LogP) is 2.74. The van der Waals surface area contributed by atoms with Gasteiger partial charge in [0.1, 0.15) is 11.5 Å². The van der Waals surface area contributed by atoms with Gasteiger partial charge in [-0.3, -0.25) is 14.3 Å². The zero-order valence-electron chi connectivity index (χ0n) is 16.5. The van der Waals surface area contributed by atoms with E-state index < -0.39 is 22.4 Å². The van der Waals surface area contributed by atoms with Crippen molar-refractivity contribution in [2.24, 2.45) is 12.5 Å². The lowest BCUT2D eigenvalue weighted by atomic mass is 9.95. The molecule has 148 valence electrons. The second-order valence-electron chi connectivity index (χ2n) is 7.86. The van der Waals surface area contributed by atoms with Gasteiger partial charge in [-0.1, -0.05) is 26.8 Å². The van der Waals surface area contributed by atoms with Crippen LogP contribution in [0.3, 0.4) is 0 Å². The van der Waals surface area contributed by atoms with E-state index in [1.54, 1.807) is 40.8 Å². The molecule has 0 bridgehead atoms. The number of H-pyrrole nitrogens is 1. The number of hydrogen-bond acceptors (Lipinski definition) is 4. The molecule has 0 atom stereocenters. The quantitative estimate of drug-likeness (QED) is 0.644. The molecule has 7 nitrogen and oxygen atoms in total. The van der Waals surface area contributed by atoms with Crippen molar-refractivity contribution in [1.82, 2.24) is 20.1 Å². The monoisotopic (exact) mass is 386 g/mol. The molecule has 8 heteroatoms. The van der Waals surface area contributed by atoms with Gasteiger partial charge in [0.25, 0.3) is 0 Å². The Balaban J connectivity index is 2.07. The van der Waals surface area contributed by atoms with Gasteiger partial charge < -0.3 is 15.4 Å². The van der Waals surface area contributed by atoms with Crippen LogP contribution in [0, 0.1) is 18.2 Å². The van der Waals surface area contributed by atoms with Gasteiger partial charge >= 0.3 is 0 Å². The number of hydrogen-bond donors (Lipinski definition) is 3. The maximum atomic E-state index is 14.5. The lowest BCUT2D eigenvalue weighted by Crippen LogP contribution is -2.34. The Morgan fingerprint density at radius 3 is 2.68 bits per heavy atom. The summed E-state index contributed by atoms with van der Waals surface area (Å²) in [6.07, 6.45) is 0. The smallest absolute Gasteiger partial charge is 0.235 e. The van der Waals surface area contributed by atoms with E-state index in [0.29, 0.717) is 16.9 Å². The third-order valence-corrected chi connectivity index (χ3v) is 4.58. The van der Waals surface area contributed by atoms with Crippen molar-refractivity contribution in [3.05, 3.63) is 45.5 Å².